The number of rotatable bonds is 3. The maximum absolute atomic E-state index is 11.1. The lowest BCUT2D eigenvalue weighted by atomic mass is 9.87. The number of nitrogens with zero attached hydrogens (tertiary/aromatic N) is 1. The quantitative estimate of drug-likeness (QED) is 0.659. The highest BCUT2D eigenvalue weighted by molar-refractivity contribution is 5.82. The van der Waals surface area contributed by atoms with Crippen molar-refractivity contribution in [3.8, 4) is 0 Å². The zero-order chi connectivity index (χ0) is 10.1. The minimum atomic E-state index is -0.957. The largest absolute Gasteiger partial charge is 0.479 e. The van der Waals surface area contributed by atoms with Gasteiger partial charge in [0.2, 0.25) is 6.41 Å². The second-order valence-electron chi connectivity index (χ2n) is 3.74. The SMILES string of the molecule is CC1CCCC1(C(=O)O)N(C)C=O. The van der Waals surface area contributed by atoms with Crippen molar-refractivity contribution in [2.24, 2.45) is 5.92 Å². The Bertz CT molecular complexity index is 229. The molecule has 4 nitrogen and oxygen atoms in total. The number of amides is 1. The summed E-state index contributed by atoms with van der Waals surface area (Å²) in [4.78, 5) is 23.0. The maximum atomic E-state index is 11.1. The molecular formula is C9H15NO3. The Morgan fingerprint density at radius 1 is 1.69 bits per heavy atom. The fourth-order valence-corrected chi connectivity index (χ4v) is 2.25. The summed E-state index contributed by atoms with van der Waals surface area (Å²) in [6, 6.07) is 0. The Labute approximate surface area is 77.5 Å². The van der Waals surface area contributed by atoms with Crippen molar-refractivity contribution in [2.75, 3.05) is 7.05 Å². The second kappa shape index (κ2) is 3.36. The summed E-state index contributed by atoms with van der Waals surface area (Å²) in [6.45, 7) is 1.89. The lowest BCUT2D eigenvalue weighted by molar-refractivity contribution is -0.156. The number of aliphatic carboxylic acids is 1. The normalized spacial score (nSPS) is 32.9. The van der Waals surface area contributed by atoms with Crippen molar-refractivity contribution in [1.82, 2.24) is 4.90 Å². The molecule has 0 bridgehead atoms. The van der Waals surface area contributed by atoms with Crippen molar-refractivity contribution >= 4 is 12.4 Å². The first-order valence-electron chi connectivity index (χ1n) is 4.47. The third kappa shape index (κ3) is 1.30. The third-order valence-corrected chi connectivity index (χ3v) is 3.17. The first kappa shape index (κ1) is 10.0. The average molecular weight is 185 g/mol. The Kier molecular flexibility index (Phi) is 2.59. The van der Waals surface area contributed by atoms with E-state index in [1.165, 1.54) is 4.90 Å². The molecule has 1 amide bonds. The molecule has 0 saturated heterocycles. The van der Waals surface area contributed by atoms with Crippen LogP contribution >= 0.6 is 0 Å². The Balaban J connectivity index is 2.99. The lowest BCUT2D eigenvalue weighted by Gasteiger charge is -2.35. The van der Waals surface area contributed by atoms with E-state index in [2.05, 4.69) is 0 Å². The molecule has 1 aliphatic carbocycles. The van der Waals surface area contributed by atoms with Crippen LogP contribution in [0.3, 0.4) is 0 Å². The molecule has 2 atom stereocenters. The minimum absolute atomic E-state index is 0.0419. The van der Waals surface area contributed by atoms with Gasteiger partial charge >= 0.3 is 5.97 Å². The molecule has 1 N–H and O–H groups in total. The minimum Gasteiger partial charge on any atom is -0.479 e. The van der Waals surface area contributed by atoms with Gasteiger partial charge in [-0.2, -0.15) is 0 Å². The van der Waals surface area contributed by atoms with Crippen LogP contribution < -0.4 is 0 Å². The summed E-state index contributed by atoms with van der Waals surface area (Å²) in [6.07, 6.45) is 2.94. The van der Waals surface area contributed by atoms with E-state index in [1.807, 2.05) is 6.92 Å². The molecular weight excluding hydrogens is 170 g/mol. The predicted octanol–water partition coefficient (Wildman–Crippen LogP) is 0.718. The van der Waals surface area contributed by atoms with Gasteiger partial charge in [0.15, 0.2) is 0 Å². The molecule has 0 aliphatic heterocycles. The van der Waals surface area contributed by atoms with E-state index in [1.54, 1.807) is 7.05 Å². The molecule has 1 rings (SSSR count). The first-order chi connectivity index (χ1) is 6.05. The van der Waals surface area contributed by atoms with Gasteiger partial charge in [0.25, 0.3) is 0 Å². The number of hydrogen-bond acceptors (Lipinski definition) is 2. The average Bonchev–Trinajstić information content (AvgIpc) is 2.47. The van der Waals surface area contributed by atoms with Gasteiger partial charge in [-0.15, -0.1) is 0 Å². The van der Waals surface area contributed by atoms with Crippen LogP contribution in [0.2, 0.25) is 0 Å². The monoisotopic (exact) mass is 185 g/mol. The lowest BCUT2D eigenvalue weighted by Crippen LogP contribution is -2.54. The highest BCUT2D eigenvalue weighted by Crippen LogP contribution is 2.39. The van der Waals surface area contributed by atoms with Crippen molar-refractivity contribution < 1.29 is 14.7 Å². The molecule has 1 fully saturated rings. The number of hydrogen-bond donors (Lipinski definition) is 1. The molecule has 0 radical (unpaired) electrons. The van der Waals surface area contributed by atoms with E-state index >= 15 is 0 Å². The predicted molar refractivity (Wildman–Crippen MR) is 47.2 cm³/mol. The summed E-state index contributed by atoms with van der Waals surface area (Å²) in [7, 11) is 1.54. The fourth-order valence-electron chi connectivity index (χ4n) is 2.25. The topological polar surface area (TPSA) is 57.6 Å². The number of likely N-dealkylation sites (N-methyl/N-ethyl adjacent to an activating group) is 1. The Morgan fingerprint density at radius 2 is 2.31 bits per heavy atom. The highest BCUT2D eigenvalue weighted by Gasteiger charge is 2.49. The number of carboxylic acids is 1. The summed E-state index contributed by atoms with van der Waals surface area (Å²) in [5.74, 6) is -0.840. The van der Waals surface area contributed by atoms with Gasteiger partial charge in [0.05, 0.1) is 0 Å². The van der Waals surface area contributed by atoms with E-state index in [9.17, 15) is 9.59 Å². The van der Waals surface area contributed by atoms with Crippen LogP contribution in [-0.4, -0.2) is 35.0 Å². The summed E-state index contributed by atoms with van der Waals surface area (Å²) in [5, 5.41) is 9.14. The molecule has 2 unspecified atom stereocenters. The summed E-state index contributed by atoms with van der Waals surface area (Å²) < 4.78 is 0. The van der Waals surface area contributed by atoms with E-state index in [0.29, 0.717) is 12.8 Å². The van der Waals surface area contributed by atoms with Crippen LogP contribution in [0.5, 0.6) is 0 Å². The first-order valence-corrected chi connectivity index (χ1v) is 4.47. The Morgan fingerprint density at radius 3 is 2.62 bits per heavy atom. The van der Waals surface area contributed by atoms with Crippen molar-refractivity contribution in [1.29, 1.82) is 0 Å². The Hall–Kier alpha value is -1.06. The molecule has 13 heavy (non-hydrogen) atoms. The zero-order valence-electron chi connectivity index (χ0n) is 7.99. The summed E-state index contributed by atoms with van der Waals surface area (Å²) in [5.41, 5.74) is -0.957. The second-order valence-corrected chi connectivity index (χ2v) is 3.74. The van der Waals surface area contributed by atoms with Crippen LogP contribution in [0, 0.1) is 5.92 Å². The van der Waals surface area contributed by atoms with E-state index in [-0.39, 0.29) is 5.92 Å². The zero-order valence-corrected chi connectivity index (χ0v) is 7.99. The molecule has 74 valence electrons. The molecule has 0 spiro atoms. The number of carbonyl (C=O) groups is 2. The number of carbonyl (C=O) groups excluding carboxylic acids is 1. The molecule has 1 saturated carbocycles. The van der Waals surface area contributed by atoms with E-state index in [4.69, 9.17) is 5.11 Å². The molecule has 1 aliphatic rings. The fraction of sp³-hybridized carbons (Fsp3) is 0.778. The van der Waals surface area contributed by atoms with Gasteiger partial charge in [0, 0.05) is 7.05 Å². The van der Waals surface area contributed by atoms with Crippen LogP contribution in [0.1, 0.15) is 26.2 Å². The van der Waals surface area contributed by atoms with Gasteiger partial charge in [-0.25, -0.2) is 4.79 Å². The van der Waals surface area contributed by atoms with Crippen molar-refractivity contribution in [3.05, 3.63) is 0 Å². The van der Waals surface area contributed by atoms with Gasteiger partial charge in [0.1, 0.15) is 5.54 Å². The third-order valence-electron chi connectivity index (χ3n) is 3.17. The molecule has 4 heteroatoms. The van der Waals surface area contributed by atoms with Crippen LogP contribution in [0.25, 0.3) is 0 Å². The highest BCUT2D eigenvalue weighted by atomic mass is 16.4. The molecule has 0 heterocycles. The molecule has 0 aromatic carbocycles. The van der Waals surface area contributed by atoms with Crippen LogP contribution in [0.15, 0.2) is 0 Å². The standard InChI is InChI=1S/C9H15NO3/c1-7-4-3-5-9(7,8(12)13)10(2)6-11/h6-7H,3-5H2,1-2H3,(H,12,13). The van der Waals surface area contributed by atoms with Gasteiger partial charge in [-0.05, 0) is 18.8 Å². The summed E-state index contributed by atoms with van der Waals surface area (Å²) >= 11 is 0. The van der Waals surface area contributed by atoms with E-state index in [0.717, 1.165) is 12.8 Å². The van der Waals surface area contributed by atoms with Gasteiger partial charge in [-0.1, -0.05) is 13.3 Å². The van der Waals surface area contributed by atoms with Gasteiger partial charge in [-0.3, -0.25) is 4.79 Å². The van der Waals surface area contributed by atoms with E-state index < -0.39 is 11.5 Å². The van der Waals surface area contributed by atoms with Gasteiger partial charge < -0.3 is 10.0 Å². The van der Waals surface area contributed by atoms with Crippen molar-refractivity contribution in [3.63, 3.8) is 0 Å². The van der Waals surface area contributed by atoms with Crippen molar-refractivity contribution in [2.45, 2.75) is 31.7 Å². The van der Waals surface area contributed by atoms with Crippen LogP contribution in [0.4, 0.5) is 0 Å². The smallest absolute Gasteiger partial charge is 0.329 e. The molecule has 0 aromatic heterocycles. The maximum Gasteiger partial charge on any atom is 0.329 e. The number of carboxylic acid groups (broad SMARTS) is 1. The van der Waals surface area contributed by atoms with Crippen LogP contribution in [-0.2, 0) is 9.59 Å². The molecule has 0 aromatic rings.